The third-order valence-corrected chi connectivity index (χ3v) is 4.92. The maximum Gasteiger partial charge on any atom is 0.356 e. The van der Waals surface area contributed by atoms with Crippen LogP contribution >= 0.6 is 12.4 Å². The number of piperidine rings is 1. The van der Waals surface area contributed by atoms with Crippen molar-refractivity contribution in [2.75, 3.05) is 19.7 Å². The van der Waals surface area contributed by atoms with Gasteiger partial charge in [0, 0.05) is 19.6 Å². The molecule has 0 aliphatic carbocycles. The number of nitrogens with one attached hydrogen (secondary N) is 2. The number of rotatable bonds is 5. The Labute approximate surface area is 163 Å². The zero-order chi connectivity index (χ0) is 18.6. The van der Waals surface area contributed by atoms with Crippen molar-refractivity contribution >= 4 is 18.4 Å². The van der Waals surface area contributed by atoms with Gasteiger partial charge in [-0.1, -0.05) is 30.3 Å². The molecule has 0 atom stereocenters. The average Bonchev–Trinajstić information content (AvgIpc) is 3.04. The fourth-order valence-corrected chi connectivity index (χ4v) is 3.45. The van der Waals surface area contributed by atoms with Crippen molar-refractivity contribution in [3.05, 3.63) is 57.8 Å². The third-order valence-electron chi connectivity index (χ3n) is 4.92. The quantitative estimate of drug-likeness (QED) is 0.763. The van der Waals surface area contributed by atoms with Gasteiger partial charge in [-0.2, -0.15) is 5.26 Å². The number of aromatic nitrogens is 2. The smallest absolute Gasteiger partial charge is 0.356 e. The molecule has 0 radical (unpaired) electrons. The zero-order valence-corrected chi connectivity index (χ0v) is 16.0. The van der Waals surface area contributed by atoms with Crippen LogP contribution < -0.4 is 5.69 Å². The van der Waals surface area contributed by atoms with E-state index in [-0.39, 0.29) is 24.7 Å². The summed E-state index contributed by atoms with van der Waals surface area (Å²) in [5, 5.41) is 9.77. The minimum Gasteiger partial charge on any atom is -0.461 e. The number of carbonyl (C=O) groups excluding carboxylic acids is 1. The molecule has 0 amide bonds. The van der Waals surface area contributed by atoms with Gasteiger partial charge in [-0.15, -0.1) is 12.4 Å². The molecule has 2 heterocycles. The Hall–Kier alpha value is -2.56. The van der Waals surface area contributed by atoms with E-state index in [1.54, 1.807) is 6.92 Å². The Morgan fingerprint density at radius 1 is 1.26 bits per heavy atom. The highest BCUT2D eigenvalue weighted by Gasteiger charge is 2.36. The van der Waals surface area contributed by atoms with Gasteiger partial charge >= 0.3 is 11.7 Å². The second-order valence-corrected chi connectivity index (χ2v) is 6.49. The molecule has 1 aliphatic heterocycles. The standard InChI is InChI=1S/C19H22N4O3.ClH/c1-2-26-17(24)16-15(21-18(25)22-16)12-23-10-8-19(13-20,9-11-23)14-6-4-3-5-7-14;/h3-7H,2,8-12H2,1H3,(H2,21,22,25);1H. The molecule has 1 saturated heterocycles. The molecule has 1 fully saturated rings. The highest BCUT2D eigenvalue weighted by atomic mass is 35.5. The van der Waals surface area contributed by atoms with E-state index in [0.717, 1.165) is 5.56 Å². The van der Waals surface area contributed by atoms with E-state index in [1.807, 2.05) is 30.3 Å². The molecule has 2 N–H and O–H groups in total. The van der Waals surface area contributed by atoms with Crippen LogP contribution in [0.4, 0.5) is 0 Å². The van der Waals surface area contributed by atoms with E-state index >= 15 is 0 Å². The number of likely N-dealkylation sites (tertiary alicyclic amines) is 1. The summed E-state index contributed by atoms with van der Waals surface area (Å²) in [5.74, 6) is -0.534. The van der Waals surface area contributed by atoms with Gasteiger partial charge in [0.25, 0.3) is 0 Å². The zero-order valence-electron chi connectivity index (χ0n) is 15.2. The highest BCUT2D eigenvalue weighted by molar-refractivity contribution is 5.88. The van der Waals surface area contributed by atoms with Crippen molar-refractivity contribution in [1.82, 2.24) is 14.9 Å². The van der Waals surface area contributed by atoms with Crippen LogP contribution in [-0.2, 0) is 16.7 Å². The van der Waals surface area contributed by atoms with Crippen LogP contribution in [-0.4, -0.2) is 40.5 Å². The maximum absolute atomic E-state index is 12.0. The number of halogens is 1. The van der Waals surface area contributed by atoms with Crippen molar-refractivity contribution in [3.63, 3.8) is 0 Å². The van der Waals surface area contributed by atoms with Crippen LogP contribution in [0, 0.1) is 11.3 Å². The van der Waals surface area contributed by atoms with Crippen LogP contribution in [0.5, 0.6) is 0 Å². The van der Waals surface area contributed by atoms with E-state index in [1.165, 1.54) is 0 Å². The lowest BCUT2D eigenvalue weighted by Crippen LogP contribution is -2.41. The SMILES string of the molecule is CCOC(=O)c1[nH]c(=O)[nH]c1CN1CCC(C#N)(c2ccccc2)CC1.Cl. The third kappa shape index (κ3) is 4.41. The first kappa shape index (κ1) is 20.7. The van der Waals surface area contributed by atoms with Crippen LogP contribution in [0.2, 0.25) is 0 Å². The number of nitriles is 1. The fourth-order valence-electron chi connectivity index (χ4n) is 3.45. The molecule has 1 aromatic heterocycles. The maximum atomic E-state index is 12.0. The first-order valence-corrected chi connectivity index (χ1v) is 8.75. The van der Waals surface area contributed by atoms with E-state index in [2.05, 4.69) is 20.9 Å². The van der Waals surface area contributed by atoms with Crippen LogP contribution in [0.3, 0.4) is 0 Å². The Kier molecular flexibility index (Phi) is 6.83. The van der Waals surface area contributed by atoms with Gasteiger partial charge in [-0.05, 0) is 25.3 Å². The second-order valence-electron chi connectivity index (χ2n) is 6.49. The summed E-state index contributed by atoms with van der Waals surface area (Å²) < 4.78 is 4.99. The molecule has 1 aliphatic rings. The van der Waals surface area contributed by atoms with Gasteiger partial charge in [0.1, 0.15) is 5.69 Å². The molecule has 7 nitrogen and oxygen atoms in total. The number of ether oxygens (including phenoxy) is 1. The fraction of sp³-hybridized carbons (Fsp3) is 0.421. The summed E-state index contributed by atoms with van der Waals surface area (Å²) in [7, 11) is 0. The lowest BCUT2D eigenvalue weighted by atomic mass is 9.74. The minimum atomic E-state index is -0.534. The minimum absolute atomic E-state index is 0. The van der Waals surface area contributed by atoms with Crippen molar-refractivity contribution in [2.24, 2.45) is 0 Å². The monoisotopic (exact) mass is 390 g/mol. The topological polar surface area (TPSA) is 102 Å². The molecule has 0 spiro atoms. The molecule has 8 heteroatoms. The summed E-state index contributed by atoms with van der Waals surface area (Å²) in [6.45, 7) is 3.81. The largest absolute Gasteiger partial charge is 0.461 e. The molecular formula is C19H23ClN4O3. The first-order valence-electron chi connectivity index (χ1n) is 8.75. The van der Waals surface area contributed by atoms with E-state index < -0.39 is 17.1 Å². The molecule has 0 bridgehead atoms. The number of hydrogen-bond donors (Lipinski definition) is 2. The number of esters is 1. The number of imidazole rings is 1. The van der Waals surface area contributed by atoms with Crippen LogP contribution in [0.25, 0.3) is 0 Å². The molecule has 27 heavy (non-hydrogen) atoms. The lowest BCUT2D eigenvalue weighted by Gasteiger charge is -2.37. The summed E-state index contributed by atoms with van der Waals surface area (Å²) in [6.07, 6.45) is 1.41. The predicted octanol–water partition coefficient (Wildman–Crippen LogP) is 2.36. The second kappa shape index (κ2) is 8.89. The number of H-pyrrole nitrogens is 2. The summed E-state index contributed by atoms with van der Waals surface area (Å²) in [4.78, 5) is 30.9. The lowest BCUT2D eigenvalue weighted by molar-refractivity contribution is 0.0516. The average molecular weight is 391 g/mol. The van der Waals surface area contributed by atoms with E-state index in [9.17, 15) is 14.9 Å². The number of carbonyl (C=O) groups is 1. The molecule has 0 saturated carbocycles. The summed E-state index contributed by atoms with van der Waals surface area (Å²) in [6, 6.07) is 12.4. The molecule has 144 valence electrons. The Morgan fingerprint density at radius 2 is 1.93 bits per heavy atom. The molecule has 3 rings (SSSR count). The summed E-state index contributed by atoms with van der Waals surface area (Å²) >= 11 is 0. The van der Waals surface area contributed by atoms with Crippen molar-refractivity contribution in [3.8, 4) is 6.07 Å². The van der Waals surface area contributed by atoms with Crippen molar-refractivity contribution in [2.45, 2.75) is 31.7 Å². The predicted molar refractivity (Wildman–Crippen MR) is 103 cm³/mol. The Balaban J connectivity index is 0.00000261. The van der Waals surface area contributed by atoms with Gasteiger partial charge in [-0.3, -0.25) is 9.88 Å². The van der Waals surface area contributed by atoms with Gasteiger partial charge in [0.05, 0.1) is 23.8 Å². The molecule has 2 aromatic rings. The number of hydrogen-bond acceptors (Lipinski definition) is 5. The van der Waals surface area contributed by atoms with Crippen LogP contribution in [0.1, 0.15) is 41.5 Å². The molecule has 1 aromatic carbocycles. The van der Waals surface area contributed by atoms with E-state index in [4.69, 9.17) is 4.74 Å². The van der Waals surface area contributed by atoms with Crippen LogP contribution in [0.15, 0.2) is 35.1 Å². The first-order chi connectivity index (χ1) is 12.6. The van der Waals surface area contributed by atoms with E-state index in [0.29, 0.717) is 38.2 Å². The van der Waals surface area contributed by atoms with Gasteiger partial charge in [0.15, 0.2) is 0 Å². The van der Waals surface area contributed by atoms with Crippen molar-refractivity contribution < 1.29 is 9.53 Å². The normalized spacial score (nSPS) is 16.1. The molecular weight excluding hydrogens is 368 g/mol. The van der Waals surface area contributed by atoms with Gasteiger partial charge < -0.3 is 9.72 Å². The van der Waals surface area contributed by atoms with Gasteiger partial charge in [-0.25, -0.2) is 9.59 Å². The number of nitrogens with zero attached hydrogens (tertiary/aromatic N) is 2. The van der Waals surface area contributed by atoms with Gasteiger partial charge in [0.2, 0.25) is 0 Å². The Bertz CT molecular complexity index is 861. The molecule has 0 unspecified atom stereocenters. The number of aromatic amines is 2. The number of benzene rings is 1. The highest BCUT2D eigenvalue weighted by Crippen LogP contribution is 2.35. The Morgan fingerprint density at radius 3 is 2.52 bits per heavy atom. The van der Waals surface area contributed by atoms with Crippen molar-refractivity contribution in [1.29, 1.82) is 5.26 Å². The summed E-state index contributed by atoms with van der Waals surface area (Å²) in [5.41, 5.74) is 0.850.